The van der Waals surface area contributed by atoms with E-state index in [1.54, 1.807) is 49.4 Å². The van der Waals surface area contributed by atoms with Gasteiger partial charge < -0.3 is 19.8 Å². The molecule has 0 saturated carbocycles. The lowest BCUT2D eigenvalue weighted by Gasteiger charge is -2.12. The molecule has 4 rings (SSSR count). The number of halogens is 1. The Balaban J connectivity index is 1.41. The number of ether oxygens (including phenoxy) is 1. The molecule has 2 N–H and O–H groups in total. The number of carbonyl (C=O) groups is 2. The summed E-state index contributed by atoms with van der Waals surface area (Å²) in [6.45, 7) is 1.85. The van der Waals surface area contributed by atoms with Crippen molar-refractivity contribution >= 4 is 23.2 Å². The summed E-state index contributed by atoms with van der Waals surface area (Å²) in [6, 6.07) is 23.0. The fraction of sp³-hybridized carbons (Fsp3) is 0.0769. The third-order valence-corrected chi connectivity index (χ3v) is 4.94. The van der Waals surface area contributed by atoms with Crippen LogP contribution in [-0.2, 0) is 6.61 Å². The smallest absolute Gasteiger partial charge is 0.291 e. The Morgan fingerprint density at radius 1 is 0.848 bits per heavy atom. The van der Waals surface area contributed by atoms with Crippen molar-refractivity contribution in [1.82, 2.24) is 0 Å². The van der Waals surface area contributed by atoms with Crippen LogP contribution in [-0.4, -0.2) is 11.8 Å². The third-order valence-electron chi connectivity index (χ3n) is 4.94. The zero-order valence-electron chi connectivity index (χ0n) is 17.8. The maximum atomic E-state index is 13.0. The van der Waals surface area contributed by atoms with Crippen molar-refractivity contribution < 1.29 is 23.1 Å². The number of benzene rings is 3. The van der Waals surface area contributed by atoms with E-state index in [0.29, 0.717) is 34.0 Å². The number of rotatable bonds is 7. The Morgan fingerprint density at radius 2 is 1.61 bits per heavy atom. The average molecular weight is 444 g/mol. The van der Waals surface area contributed by atoms with Crippen LogP contribution in [0.2, 0.25) is 0 Å². The molecule has 0 unspecified atom stereocenters. The van der Waals surface area contributed by atoms with Crippen molar-refractivity contribution in [3.05, 3.63) is 113 Å². The molecule has 6 nitrogen and oxygen atoms in total. The van der Waals surface area contributed by atoms with Gasteiger partial charge in [-0.15, -0.1) is 0 Å². The Kier molecular flexibility index (Phi) is 6.50. The van der Waals surface area contributed by atoms with Crippen LogP contribution in [0.15, 0.2) is 89.3 Å². The minimum atomic E-state index is -0.452. The zero-order valence-corrected chi connectivity index (χ0v) is 17.8. The Morgan fingerprint density at radius 3 is 2.36 bits per heavy atom. The minimum absolute atomic E-state index is 0.0904. The van der Waals surface area contributed by atoms with Crippen LogP contribution in [0.25, 0.3) is 0 Å². The van der Waals surface area contributed by atoms with E-state index in [1.165, 1.54) is 24.3 Å². The summed E-state index contributed by atoms with van der Waals surface area (Å²) in [5.74, 6) is -0.0422. The van der Waals surface area contributed by atoms with Gasteiger partial charge in [0.05, 0.1) is 0 Å². The second-order valence-corrected chi connectivity index (χ2v) is 7.26. The molecule has 0 aliphatic heterocycles. The third kappa shape index (κ3) is 5.46. The van der Waals surface area contributed by atoms with Gasteiger partial charge in [0.1, 0.15) is 23.9 Å². The second kappa shape index (κ2) is 9.82. The summed E-state index contributed by atoms with van der Waals surface area (Å²) in [4.78, 5) is 25.4. The maximum Gasteiger partial charge on any atom is 0.291 e. The van der Waals surface area contributed by atoms with Crippen molar-refractivity contribution in [2.24, 2.45) is 0 Å². The summed E-state index contributed by atoms with van der Waals surface area (Å²) >= 11 is 0. The molecule has 0 saturated heterocycles. The van der Waals surface area contributed by atoms with Gasteiger partial charge in [0.25, 0.3) is 11.8 Å². The molecule has 3 aromatic carbocycles. The fourth-order valence-corrected chi connectivity index (χ4v) is 3.18. The van der Waals surface area contributed by atoms with Crippen LogP contribution in [0.3, 0.4) is 0 Å². The topological polar surface area (TPSA) is 80.6 Å². The van der Waals surface area contributed by atoms with Gasteiger partial charge in [-0.25, -0.2) is 4.39 Å². The van der Waals surface area contributed by atoms with E-state index >= 15 is 0 Å². The molecule has 0 aliphatic rings. The molecule has 33 heavy (non-hydrogen) atoms. The van der Waals surface area contributed by atoms with Crippen LogP contribution in [0.5, 0.6) is 5.75 Å². The number of para-hydroxylation sites is 1. The van der Waals surface area contributed by atoms with Crippen LogP contribution < -0.4 is 15.4 Å². The highest BCUT2D eigenvalue weighted by Gasteiger charge is 2.16. The van der Waals surface area contributed by atoms with Gasteiger partial charge in [0.15, 0.2) is 5.76 Å². The lowest BCUT2D eigenvalue weighted by Crippen LogP contribution is -2.16. The van der Waals surface area contributed by atoms with Crippen molar-refractivity contribution in [3.8, 4) is 5.75 Å². The van der Waals surface area contributed by atoms with E-state index in [1.807, 2.05) is 18.2 Å². The Labute approximate surface area is 190 Å². The summed E-state index contributed by atoms with van der Waals surface area (Å²) in [5, 5.41) is 5.62. The highest BCUT2D eigenvalue weighted by Crippen LogP contribution is 2.22. The first-order valence-corrected chi connectivity index (χ1v) is 10.2. The van der Waals surface area contributed by atoms with E-state index in [4.69, 9.17) is 9.15 Å². The molecule has 0 radical (unpaired) electrons. The van der Waals surface area contributed by atoms with E-state index in [9.17, 15) is 14.0 Å². The zero-order chi connectivity index (χ0) is 23.2. The molecule has 0 aliphatic carbocycles. The first-order valence-electron chi connectivity index (χ1n) is 10.2. The van der Waals surface area contributed by atoms with Gasteiger partial charge in [-0.3, -0.25) is 9.59 Å². The molecule has 2 amide bonds. The first-order chi connectivity index (χ1) is 16.0. The van der Waals surface area contributed by atoms with E-state index in [-0.39, 0.29) is 24.1 Å². The highest BCUT2D eigenvalue weighted by atomic mass is 19.1. The quantitative estimate of drug-likeness (QED) is 0.377. The van der Waals surface area contributed by atoms with Crippen LogP contribution in [0.4, 0.5) is 15.8 Å². The van der Waals surface area contributed by atoms with Gasteiger partial charge in [0, 0.05) is 16.9 Å². The SMILES string of the molecule is Cc1c(NC(=O)c2ccc(COc3ccc(F)cc3)o2)cccc1C(=O)Nc1ccccc1. The number of hydrogen-bond donors (Lipinski definition) is 2. The summed E-state index contributed by atoms with van der Waals surface area (Å²) in [7, 11) is 0. The molecule has 1 heterocycles. The summed E-state index contributed by atoms with van der Waals surface area (Å²) < 4.78 is 24.1. The van der Waals surface area contributed by atoms with Crippen molar-refractivity contribution in [2.75, 3.05) is 10.6 Å². The van der Waals surface area contributed by atoms with Crippen molar-refractivity contribution in [2.45, 2.75) is 13.5 Å². The predicted octanol–water partition coefficient (Wildman–Crippen LogP) is 5.81. The maximum absolute atomic E-state index is 13.0. The predicted molar refractivity (Wildman–Crippen MR) is 123 cm³/mol. The average Bonchev–Trinajstić information content (AvgIpc) is 3.30. The highest BCUT2D eigenvalue weighted by molar-refractivity contribution is 6.08. The monoisotopic (exact) mass is 444 g/mol. The van der Waals surface area contributed by atoms with Gasteiger partial charge in [-0.2, -0.15) is 0 Å². The standard InChI is InChI=1S/C26H21FN2O4/c1-17-22(25(30)28-19-6-3-2-4-7-19)8-5-9-23(17)29-26(31)24-15-14-21(33-24)16-32-20-12-10-18(27)11-13-20/h2-15H,16H2,1H3,(H,28,30)(H,29,31). The van der Waals surface area contributed by atoms with Gasteiger partial charge >= 0.3 is 0 Å². The molecular formula is C26H21FN2O4. The lowest BCUT2D eigenvalue weighted by molar-refractivity contribution is 0.0989. The number of anilines is 2. The van der Waals surface area contributed by atoms with Crippen LogP contribution in [0, 0.1) is 12.7 Å². The van der Waals surface area contributed by atoms with E-state index in [2.05, 4.69) is 10.6 Å². The summed E-state index contributed by atoms with van der Waals surface area (Å²) in [6.07, 6.45) is 0. The van der Waals surface area contributed by atoms with Gasteiger partial charge in [-0.05, 0) is 73.2 Å². The number of carbonyl (C=O) groups excluding carboxylic acids is 2. The largest absolute Gasteiger partial charge is 0.486 e. The van der Waals surface area contributed by atoms with E-state index in [0.717, 1.165) is 0 Å². The Hall–Kier alpha value is -4.39. The molecule has 166 valence electrons. The minimum Gasteiger partial charge on any atom is -0.486 e. The number of furan rings is 1. The second-order valence-electron chi connectivity index (χ2n) is 7.26. The number of amides is 2. The molecule has 0 fully saturated rings. The molecule has 0 bridgehead atoms. The molecule has 4 aromatic rings. The lowest BCUT2D eigenvalue weighted by atomic mass is 10.1. The van der Waals surface area contributed by atoms with Crippen molar-refractivity contribution in [1.29, 1.82) is 0 Å². The van der Waals surface area contributed by atoms with Gasteiger partial charge in [-0.1, -0.05) is 24.3 Å². The normalized spacial score (nSPS) is 10.5. The molecular weight excluding hydrogens is 423 g/mol. The van der Waals surface area contributed by atoms with E-state index < -0.39 is 5.91 Å². The molecule has 1 aromatic heterocycles. The molecule has 0 spiro atoms. The van der Waals surface area contributed by atoms with Crippen LogP contribution >= 0.6 is 0 Å². The fourth-order valence-electron chi connectivity index (χ4n) is 3.18. The van der Waals surface area contributed by atoms with Gasteiger partial charge in [0.2, 0.25) is 0 Å². The van der Waals surface area contributed by atoms with Crippen LogP contribution in [0.1, 0.15) is 32.2 Å². The molecule has 7 heteroatoms. The molecule has 0 atom stereocenters. The summed E-state index contributed by atoms with van der Waals surface area (Å²) in [5.41, 5.74) is 2.26. The number of nitrogens with one attached hydrogen (secondary N) is 2. The number of hydrogen-bond acceptors (Lipinski definition) is 4. The first kappa shape index (κ1) is 21.8. The Bertz CT molecular complexity index is 1270. The van der Waals surface area contributed by atoms with Crippen molar-refractivity contribution in [3.63, 3.8) is 0 Å².